The van der Waals surface area contributed by atoms with Gasteiger partial charge in [0.05, 0.1) is 18.2 Å². The van der Waals surface area contributed by atoms with Crippen LogP contribution in [0.4, 0.5) is 0 Å². The number of piperidine rings is 1. The molecule has 0 aliphatic carbocycles. The molecule has 1 aromatic carbocycles. The minimum absolute atomic E-state index is 0.0618. The normalized spacial score (nSPS) is 18.7. The fourth-order valence-corrected chi connectivity index (χ4v) is 3.18. The molecule has 2 rings (SSSR count). The Morgan fingerprint density at radius 1 is 1.26 bits per heavy atom. The first kappa shape index (κ1) is 21.0. The van der Waals surface area contributed by atoms with Gasteiger partial charge in [0.15, 0.2) is 0 Å². The van der Waals surface area contributed by atoms with E-state index in [0.29, 0.717) is 12.4 Å². The number of aromatic carboxylic acids is 1. The highest BCUT2D eigenvalue weighted by molar-refractivity contribution is 5.87. The quantitative estimate of drug-likeness (QED) is 0.546. The Balaban J connectivity index is 1.63. The fourth-order valence-electron chi connectivity index (χ4n) is 3.18. The van der Waals surface area contributed by atoms with Crippen molar-refractivity contribution in [3.8, 4) is 5.75 Å². The maximum atomic E-state index is 12.1. The monoisotopic (exact) mass is 374 g/mol. The number of amides is 1. The highest BCUT2D eigenvalue weighted by Crippen LogP contribution is 2.20. The number of likely N-dealkylation sites (N-methyl/N-ethyl adjacent to an activating group) is 1. The third-order valence-electron chi connectivity index (χ3n) is 4.81. The molecule has 1 aliphatic heterocycles. The molecule has 1 unspecified atom stereocenters. The molecule has 148 valence electrons. The van der Waals surface area contributed by atoms with E-state index in [0.717, 1.165) is 50.8 Å². The molecule has 6 heteroatoms. The average Bonchev–Trinajstić information content (AvgIpc) is 2.66. The van der Waals surface area contributed by atoms with Crippen molar-refractivity contribution >= 4 is 11.9 Å². The van der Waals surface area contributed by atoms with E-state index < -0.39 is 5.97 Å². The summed E-state index contributed by atoms with van der Waals surface area (Å²) in [6.45, 7) is 5.54. The molecule has 1 aliphatic rings. The van der Waals surface area contributed by atoms with Crippen LogP contribution in [0.1, 0.15) is 62.7 Å². The van der Waals surface area contributed by atoms with Gasteiger partial charge in [-0.2, -0.15) is 0 Å². The number of unbranched alkanes of at least 4 members (excludes halogenated alkanes) is 2. The van der Waals surface area contributed by atoms with Gasteiger partial charge in [-0.1, -0.05) is 12.5 Å². The van der Waals surface area contributed by atoms with Crippen molar-refractivity contribution in [1.82, 2.24) is 10.6 Å². The summed E-state index contributed by atoms with van der Waals surface area (Å²) in [5, 5.41) is 15.1. The molecular weight excluding hydrogens is 344 g/mol. The number of carbonyl (C=O) groups excluding carboxylic acids is 1. The van der Waals surface area contributed by atoms with Gasteiger partial charge in [0.1, 0.15) is 5.75 Å². The van der Waals surface area contributed by atoms with Crippen LogP contribution in [0.2, 0.25) is 0 Å². The molecule has 0 aromatic heterocycles. The van der Waals surface area contributed by atoms with Crippen LogP contribution < -0.4 is 15.4 Å². The number of nitrogens with one attached hydrogen (secondary N) is 2. The second-order valence-corrected chi connectivity index (χ2v) is 6.89. The predicted molar refractivity (Wildman–Crippen MR) is 105 cm³/mol. The minimum Gasteiger partial charge on any atom is -0.494 e. The number of hydrogen-bond donors (Lipinski definition) is 3. The highest BCUT2D eigenvalue weighted by Gasteiger charge is 2.24. The van der Waals surface area contributed by atoms with Gasteiger partial charge < -0.3 is 20.5 Å². The molecule has 0 bridgehead atoms. The summed E-state index contributed by atoms with van der Waals surface area (Å²) in [4.78, 5) is 22.9. The van der Waals surface area contributed by atoms with Crippen molar-refractivity contribution in [2.45, 2.75) is 58.4 Å². The van der Waals surface area contributed by atoms with Crippen molar-refractivity contribution in [3.63, 3.8) is 0 Å². The van der Waals surface area contributed by atoms with Gasteiger partial charge in [0.2, 0.25) is 5.91 Å². The van der Waals surface area contributed by atoms with Crippen LogP contribution in [0.3, 0.4) is 0 Å². The Kier molecular flexibility index (Phi) is 8.33. The second kappa shape index (κ2) is 10.7. The molecule has 1 aromatic rings. The van der Waals surface area contributed by atoms with E-state index in [4.69, 9.17) is 9.84 Å². The summed E-state index contributed by atoms with van der Waals surface area (Å²) in [7, 11) is 0. The molecule has 0 radical (unpaired) electrons. The van der Waals surface area contributed by atoms with Gasteiger partial charge >= 0.3 is 5.97 Å². The Labute approximate surface area is 161 Å². The Morgan fingerprint density at radius 2 is 2.00 bits per heavy atom. The third kappa shape index (κ3) is 6.71. The molecular formula is C21H30N2O4. The molecule has 1 amide bonds. The zero-order valence-electron chi connectivity index (χ0n) is 16.2. The van der Waals surface area contributed by atoms with Crippen molar-refractivity contribution in [1.29, 1.82) is 0 Å². The molecule has 0 saturated carbocycles. The largest absolute Gasteiger partial charge is 0.494 e. The molecule has 0 spiro atoms. The second-order valence-electron chi connectivity index (χ2n) is 6.89. The van der Waals surface area contributed by atoms with Crippen LogP contribution in [0, 0.1) is 0 Å². The standard InChI is InChI=1S/C21H30N2O4/c1-3-22-19-13-12-18(23-20(19)24)15(2)7-5-4-6-14-27-17-10-8-16(9-11-17)21(25)26/h8-11,19,22H,3-7,12-14H2,1-2H3,(H,23,24)(H,25,26)/b18-15-. The number of carboxylic acid groups (broad SMARTS) is 1. The van der Waals surface area contributed by atoms with E-state index in [1.54, 1.807) is 24.3 Å². The lowest BCUT2D eigenvalue weighted by atomic mass is 9.98. The Hall–Kier alpha value is -2.34. The summed E-state index contributed by atoms with van der Waals surface area (Å²) in [5.74, 6) is -0.157. The van der Waals surface area contributed by atoms with Crippen LogP contribution in [0.5, 0.6) is 5.75 Å². The van der Waals surface area contributed by atoms with Gasteiger partial charge in [-0.3, -0.25) is 4.79 Å². The van der Waals surface area contributed by atoms with E-state index in [2.05, 4.69) is 17.6 Å². The van der Waals surface area contributed by atoms with Crippen LogP contribution in [-0.2, 0) is 4.79 Å². The Morgan fingerprint density at radius 3 is 2.63 bits per heavy atom. The van der Waals surface area contributed by atoms with Crippen molar-refractivity contribution in [2.75, 3.05) is 13.2 Å². The predicted octanol–water partition coefficient (Wildman–Crippen LogP) is 3.49. The smallest absolute Gasteiger partial charge is 0.335 e. The number of rotatable bonds is 10. The van der Waals surface area contributed by atoms with Crippen LogP contribution >= 0.6 is 0 Å². The number of hydrogen-bond acceptors (Lipinski definition) is 4. The highest BCUT2D eigenvalue weighted by atomic mass is 16.5. The summed E-state index contributed by atoms with van der Waals surface area (Å²) in [6.07, 6.45) is 5.81. The Bertz CT molecular complexity index is 667. The molecule has 6 nitrogen and oxygen atoms in total. The first-order valence-corrected chi connectivity index (χ1v) is 9.70. The summed E-state index contributed by atoms with van der Waals surface area (Å²) in [6, 6.07) is 6.40. The summed E-state index contributed by atoms with van der Waals surface area (Å²) >= 11 is 0. The number of ether oxygens (including phenoxy) is 1. The molecule has 1 saturated heterocycles. The van der Waals surface area contributed by atoms with Crippen LogP contribution in [0.15, 0.2) is 35.5 Å². The number of carboxylic acids is 1. The summed E-state index contributed by atoms with van der Waals surface area (Å²) < 4.78 is 5.64. The van der Waals surface area contributed by atoms with E-state index in [1.807, 2.05) is 6.92 Å². The first-order chi connectivity index (χ1) is 13.0. The lowest BCUT2D eigenvalue weighted by Crippen LogP contribution is -2.47. The van der Waals surface area contributed by atoms with Crippen molar-refractivity contribution in [3.05, 3.63) is 41.1 Å². The first-order valence-electron chi connectivity index (χ1n) is 9.70. The van der Waals surface area contributed by atoms with Gasteiger partial charge in [0.25, 0.3) is 0 Å². The van der Waals surface area contributed by atoms with Gasteiger partial charge in [0, 0.05) is 5.70 Å². The van der Waals surface area contributed by atoms with Crippen LogP contribution in [0.25, 0.3) is 0 Å². The average molecular weight is 374 g/mol. The molecule has 1 fully saturated rings. The maximum Gasteiger partial charge on any atom is 0.335 e. The molecule has 1 heterocycles. The van der Waals surface area contributed by atoms with Gasteiger partial charge in [-0.25, -0.2) is 4.79 Å². The van der Waals surface area contributed by atoms with E-state index in [9.17, 15) is 9.59 Å². The van der Waals surface area contributed by atoms with E-state index >= 15 is 0 Å². The van der Waals surface area contributed by atoms with Crippen LogP contribution in [-0.4, -0.2) is 36.2 Å². The molecule has 27 heavy (non-hydrogen) atoms. The summed E-state index contributed by atoms with van der Waals surface area (Å²) in [5.41, 5.74) is 2.62. The minimum atomic E-state index is -0.933. The van der Waals surface area contributed by atoms with Crippen molar-refractivity contribution in [2.24, 2.45) is 0 Å². The fraction of sp³-hybridized carbons (Fsp3) is 0.524. The molecule has 3 N–H and O–H groups in total. The number of carbonyl (C=O) groups is 2. The van der Waals surface area contributed by atoms with E-state index in [1.165, 1.54) is 5.57 Å². The third-order valence-corrected chi connectivity index (χ3v) is 4.81. The zero-order chi connectivity index (χ0) is 19.6. The topological polar surface area (TPSA) is 87.7 Å². The lowest BCUT2D eigenvalue weighted by Gasteiger charge is -2.26. The number of allylic oxidation sites excluding steroid dienone is 2. The van der Waals surface area contributed by atoms with E-state index in [-0.39, 0.29) is 17.5 Å². The van der Waals surface area contributed by atoms with Gasteiger partial charge in [-0.05, 0) is 76.3 Å². The lowest BCUT2D eigenvalue weighted by molar-refractivity contribution is -0.123. The zero-order valence-corrected chi connectivity index (χ0v) is 16.2. The SMILES string of the molecule is CCNC1CC/C(=C(\C)CCCCCOc2ccc(C(=O)O)cc2)NC1=O. The van der Waals surface area contributed by atoms with Gasteiger partial charge in [-0.15, -0.1) is 0 Å². The molecule has 1 atom stereocenters. The maximum absolute atomic E-state index is 12.1. The number of benzene rings is 1. The van der Waals surface area contributed by atoms with Crippen molar-refractivity contribution < 1.29 is 19.4 Å².